The maximum Gasteiger partial charge on any atom is 0.232 e. The third-order valence-corrected chi connectivity index (χ3v) is 4.54. The van der Waals surface area contributed by atoms with Gasteiger partial charge in [-0.15, -0.1) is 22.7 Å². The molecule has 22 heavy (non-hydrogen) atoms. The highest BCUT2D eigenvalue weighted by Gasteiger charge is 2.10. The van der Waals surface area contributed by atoms with Crippen molar-refractivity contribution >= 4 is 33.7 Å². The summed E-state index contributed by atoms with van der Waals surface area (Å²) in [5.74, 6) is 0.699. The maximum absolute atomic E-state index is 11.9. The van der Waals surface area contributed by atoms with Crippen molar-refractivity contribution in [1.29, 1.82) is 0 Å². The predicted octanol–water partition coefficient (Wildman–Crippen LogP) is 3.46. The third kappa shape index (κ3) is 3.49. The second-order valence-corrected chi connectivity index (χ2v) is 6.19. The van der Waals surface area contributed by atoms with Gasteiger partial charge >= 0.3 is 0 Å². The molecule has 3 rings (SSSR count). The van der Waals surface area contributed by atoms with Gasteiger partial charge in [0.15, 0.2) is 5.13 Å². The van der Waals surface area contributed by atoms with Crippen LogP contribution in [-0.2, 0) is 11.2 Å². The molecule has 0 atom stereocenters. The van der Waals surface area contributed by atoms with Crippen molar-refractivity contribution in [3.05, 3.63) is 46.9 Å². The fourth-order valence-corrected chi connectivity index (χ4v) is 3.24. The molecule has 1 amide bonds. The van der Waals surface area contributed by atoms with Crippen LogP contribution >= 0.6 is 22.7 Å². The van der Waals surface area contributed by atoms with Crippen molar-refractivity contribution in [3.63, 3.8) is 0 Å². The van der Waals surface area contributed by atoms with E-state index in [1.54, 1.807) is 13.3 Å². The zero-order valence-corrected chi connectivity index (χ0v) is 13.4. The van der Waals surface area contributed by atoms with Gasteiger partial charge < -0.3 is 10.1 Å². The fraction of sp³-hybridized carbons (Fsp3) is 0.133. The predicted molar refractivity (Wildman–Crippen MR) is 88.5 cm³/mol. The molecular formula is C15H13N3O2S2. The number of rotatable bonds is 5. The molecular weight excluding hydrogens is 318 g/mol. The minimum Gasteiger partial charge on any atom is -0.497 e. The first-order chi connectivity index (χ1) is 10.7. The average Bonchev–Trinajstić information content (AvgIpc) is 3.19. The number of ether oxygens (including phenoxy) is 1. The Morgan fingerprint density at radius 2 is 2.09 bits per heavy atom. The first-order valence-corrected chi connectivity index (χ1v) is 8.28. The summed E-state index contributed by atoms with van der Waals surface area (Å²) in [6.07, 6.45) is 1.90. The van der Waals surface area contributed by atoms with Gasteiger partial charge in [0.25, 0.3) is 0 Å². The van der Waals surface area contributed by atoms with Crippen molar-refractivity contribution in [3.8, 4) is 16.3 Å². The monoisotopic (exact) mass is 331 g/mol. The summed E-state index contributed by atoms with van der Waals surface area (Å²) in [5.41, 5.74) is 1.77. The van der Waals surface area contributed by atoms with Gasteiger partial charge in [0, 0.05) is 22.5 Å². The number of methoxy groups -OCH3 is 1. The van der Waals surface area contributed by atoms with Crippen molar-refractivity contribution in [2.45, 2.75) is 6.42 Å². The molecule has 0 aliphatic rings. The number of hydrogen-bond acceptors (Lipinski definition) is 6. The first kappa shape index (κ1) is 14.7. The summed E-state index contributed by atoms with van der Waals surface area (Å²) in [6, 6.07) is 7.70. The Hall–Kier alpha value is -2.25. The Morgan fingerprint density at radius 3 is 2.77 bits per heavy atom. The van der Waals surface area contributed by atoms with E-state index in [1.807, 2.05) is 35.0 Å². The van der Waals surface area contributed by atoms with Crippen LogP contribution in [0.1, 0.15) is 5.69 Å². The molecule has 0 radical (unpaired) electrons. The van der Waals surface area contributed by atoms with Gasteiger partial charge in [-0.05, 0) is 24.3 Å². The van der Waals surface area contributed by atoms with Crippen LogP contribution in [0, 0.1) is 0 Å². The van der Waals surface area contributed by atoms with E-state index in [1.165, 1.54) is 22.7 Å². The van der Waals surface area contributed by atoms with Crippen LogP contribution in [0.2, 0.25) is 0 Å². The Labute approximate surface area is 135 Å². The molecule has 112 valence electrons. The van der Waals surface area contributed by atoms with Crippen LogP contribution in [0.4, 0.5) is 5.13 Å². The Morgan fingerprint density at radius 1 is 1.27 bits per heavy atom. The minimum atomic E-state index is -0.110. The molecule has 2 aromatic heterocycles. The number of thiazole rings is 2. The maximum atomic E-state index is 11.9. The molecule has 3 aromatic rings. The van der Waals surface area contributed by atoms with Gasteiger partial charge in [-0.1, -0.05) is 0 Å². The molecule has 0 fully saturated rings. The molecule has 0 spiro atoms. The van der Waals surface area contributed by atoms with Gasteiger partial charge in [0.05, 0.1) is 19.2 Å². The fourth-order valence-electron chi connectivity index (χ4n) is 1.87. The number of carbonyl (C=O) groups is 1. The lowest BCUT2D eigenvalue weighted by atomic mass is 10.2. The summed E-state index contributed by atoms with van der Waals surface area (Å²) < 4.78 is 5.14. The quantitative estimate of drug-likeness (QED) is 0.778. The van der Waals surface area contributed by atoms with Gasteiger partial charge in [-0.3, -0.25) is 4.79 Å². The molecule has 2 heterocycles. The van der Waals surface area contributed by atoms with E-state index in [4.69, 9.17) is 4.74 Å². The van der Waals surface area contributed by atoms with Crippen LogP contribution in [0.15, 0.2) is 41.2 Å². The largest absolute Gasteiger partial charge is 0.497 e. The van der Waals surface area contributed by atoms with Crippen LogP contribution in [0.25, 0.3) is 10.6 Å². The molecule has 1 aromatic carbocycles. The zero-order chi connectivity index (χ0) is 15.4. The van der Waals surface area contributed by atoms with E-state index in [0.717, 1.165) is 22.0 Å². The Bertz CT molecular complexity index is 751. The Balaban J connectivity index is 1.66. The summed E-state index contributed by atoms with van der Waals surface area (Å²) in [6.45, 7) is 0. The average molecular weight is 331 g/mol. The molecule has 7 heteroatoms. The number of nitrogens with one attached hydrogen (secondary N) is 1. The van der Waals surface area contributed by atoms with Gasteiger partial charge in [0.2, 0.25) is 5.91 Å². The van der Waals surface area contributed by atoms with Gasteiger partial charge in [-0.25, -0.2) is 9.97 Å². The first-order valence-electron chi connectivity index (χ1n) is 6.53. The van der Waals surface area contributed by atoms with Crippen LogP contribution in [-0.4, -0.2) is 23.0 Å². The van der Waals surface area contributed by atoms with E-state index in [2.05, 4.69) is 15.3 Å². The van der Waals surface area contributed by atoms with Gasteiger partial charge in [-0.2, -0.15) is 0 Å². The molecule has 1 N–H and O–H groups in total. The molecule has 0 unspecified atom stereocenters. The summed E-state index contributed by atoms with van der Waals surface area (Å²) in [5, 5.41) is 7.97. The van der Waals surface area contributed by atoms with E-state index < -0.39 is 0 Å². The zero-order valence-electron chi connectivity index (χ0n) is 11.8. The van der Waals surface area contributed by atoms with Crippen molar-refractivity contribution in [2.24, 2.45) is 0 Å². The minimum absolute atomic E-state index is 0.110. The highest BCUT2D eigenvalue weighted by molar-refractivity contribution is 7.13. The van der Waals surface area contributed by atoms with Crippen molar-refractivity contribution < 1.29 is 9.53 Å². The standard InChI is InChI=1S/C15H13N3O2S2/c1-20-12-4-2-10(3-5-12)14-17-11(9-22-14)8-13(19)18-15-16-6-7-21-15/h2-7,9H,8H2,1H3,(H,16,18,19). The SMILES string of the molecule is COc1ccc(-c2nc(CC(=O)Nc3nccs3)cs2)cc1. The number of benzene rings is 1. The molecule has 0 saturated heterocycles. The number of carbonyl (C=O) groups excluding carboxylic acids is 1. The van der Waals surface area contributed by atoms with E-state index in [9.17, 15) is 4.79 Å². The number of hydrogen-bond donors (Lipinski definition) is 1. The van der Waals surface area contributed by atoms with E-state index in [-0.39, 0.29) is 12.3 Å². The normalized spacial score (nSPS) is 10.4. The smallest absolute Gasteiger partial charge is 0.232 e. The third-order valence-electron chi connectivity index (χ3n) is 2.91. The second-order valence-electron chi connectivity index (χ2n) is 4.43. The molecule has 0 bridgehead atoms. The van der Waals surface area contributed by atoms with Crippen LogP contribution < -0.4 is 10.1 Å². The summed E-state index contributed by atoms with van der Waals surface area (Å²) in [4.78, 5) is 20.4. The highest BCUT2D eigenvalue weighted by atomic mass is 32.1. The summed E-state index contributed by atoms with van der Waals surface area (Å²) in [7, 11) is 1.64. The molecule has 0 aliphatic heterocycles. The number of aromatic nitrogens is 2. The second kappa shape index (κ2) is 6.67. The highest BCUT2D eigenvalue weighted by Crippen LogP contribution is 2.26. The molecule has 0 aliphatic carbocycles. The Kier molecular flexibility index (Phi) is 4.45. The van der Waals surface area contributed by atoms with Crippen molar-refractivity contribution in [2.75, 3.05) is 12.4 Å². The lowest BCUT2D eigenvalue weighted by Gasteiger charge is -2.00. The lowest BCUT2D eigenvalue weighted by molar-refractivity contribution is -0.115. The van der Waals surface area contributed by atoms with Gasteiger partial charge in [0.1, 0.15) is 10.8 Å². The number of amides is 1. The molecule has 5 nitrogen and oxygen atoms in total. The van der Waals surface area contributed by atoms with E-state index in [0.29, 0.717) is 5.13 Å². The number of anilines is 1. The topological polar surface area (TPSA) is 64.1 Å². The van der Waals surface area contributed by atoms with Crippen molar-refractivity contribution in [1.82, 2.24) is 9.97 Å². The summed E-state index contributed by atoms with van der Waals surface area (Å²) >= 11 is 2.92. The number of nitrogens with zero attached hydrogens (tertiary/aromatic N) is 2. The molecule has 0 saturated carbocycles. The van der Waals surface area contributed by atoms with Crippen LogP contribution in [0.5, 0.6) is 5.75 Å². The lowest BCUT2D eigenvalue weighted by Crippen LogP contribution is -2.14. The van der Waals surface area contributed by atoms with E-state index >= 15 is 0 Å². The van der Waals surface area contributed by atoms with Crippen LogP contribution in [0.3, 0.4) is 0 Å².